The van der Waals surface area contributed by atoms with E-state index in [2.05, 4.69) is 9.88 Å². The second kappa shape index (κ2) is 5.60. The predicted octanol–water partition coefficient (Wildman–Crippen LogP) is 2.84. The molecule has 0 aliphatic rings. The van der Waals surface area contributed by atoms with Gasteiger partial charge < -0.3 is 5.11 Å². The average molecular weight is 282 g/mol. The average Bonchev–Trinajstić information content (AvgIpc) is 2.87. The zero-order valence-electron chi connectivity index (χ0n) is 10.2. The number of hydrogen-bond acceptors (Lipinski definition) is 5. The van der Waals surface area contributed by atoms with Gasteiger partial charge in [0, 0.05) is 18.5 Å². The number of carboxylic acid groups (broad SMARTS) is 1. The summed E-state index contributed by atoms with van der Waals surface area (Å²) in [6.45, 7) is 3.34. The fraction of sp³-hybridized carbons (Fsp3) is 0.333. The van der Waals surface area contributed by atoms with E-state index in [0.717, 1.165) is 22.8 Å². The van der Waals surface area contributed by atoms with E-state index in [1.165, 1.54) is 11.3 Å². The molecule has 0 spiro atoms. The maximum absolute atomic E-state index is 11.0. The van der Waals surface area contributed by atoms with Gasteiger partial charge in [0.15, 0.2) is 0 Å². The Labute approximate surface area is 114 Å². The molecule has 6 heteroatoms. The minimum Gasteiger partial charge on any atom is -0.477 e. The number of thiazole rings is 1. The highest BCUT2D eigenvalue weighted by Crippen LogP contribution is 2.19. The van der Waals surface area contributed by atoms with Crippen molar-refractivity contribution in [3.8, 4) is 0 Å². The summed E-state index contributed by atoms with van der Waals surface area (Å²) in [5.41, 5.74) is 1.90. The highest BCUT2D eigenvalue weighted by atomic mass is 32.1. The van der Waals surface area contributed by atoms with Crippen molar-refractivity contribution in [2.75, 3.05) is 7.05 Å². The van der Waals surface area contributed by atoms with Crippen LogP contribution in [0.15, 0.2) is 16.8 Å². The molecule has 0 radical (unpaired) electrons. The third-order valence-corrected chi connectivity index (χ3v) is 4.25. The summed E-state index contributed by atoms with van der Waals surface area (Å²) < 4.78 is 0. The lowest BCUT2D eigenvalue weighted by molar-refractivity contribution is 0.0700. The van der Waals surface area contributed by atoms with Crippen LogP contribution in [0.1, 0.15) is 25.9 Å². The molecule has 2 heterocycles. The van der Waals surface area contributed by atoms with E-state index in [1.807, 2.05) is 30.8 Å². The molecule has 0 unspecified atom stereocenters. The number of aromatic carboxylic acids is 1. The standard InChI is InChI=1S/C12H14N2O2S2/c1-8-13-10(7-18-8)6-14(2)5-9-3-4-17-11(9)12(15)16/h3-4,7H,5-6H2,1-2H3,(H,15,16). The minimum atomic E-state index is -0.849. The van der Waals surface area contributed by atoms with Gasteiger partial charge in [-0.15, -0.1) is 22.7 Å². The second-order valence-corrected chi connectivity index (χ2v) is 6.09. The molecule has 18 heavy (non-hydrogen) atoms. The molecule has 0 saturated heterocycles. The molecule has 96 valence electrons. The molecule has 0 amide bonds. The Balaban J connectivity index is 2.00. The highest BCUT2D eigenvalue weighted by Gasteiger charge is 2.13. The van der Waals surface area contributed by atoms with E-state index in [9.17, 15) is 4.79 Å². The largest absolute Gasteiger partial charge is 0.477 e. The highest BCUT2D eigenvalue weighted by molar-refractivity contribution is 7.12. The van der Waals surface area contributed by atoms with Crippen LogP contribution in [-0.4, -0.2) is 28.0 Å². The minimum absolute atomic E-state index is 0.427. The van der Waals surface area contributed by atoms with Crippen LogP contribution in [0, 0.1) is 6.92 Å². The topological polar surface area (TPSA) is 53.4 Å². The number of hydrogen-bond donors (Lipinski definition) is 1. The molecule has 0 atom stereocenters. The van der Waals surface area contributed by atoms with E-state index in [-0.39, 0.29) is 0 Å². The van der Waals surface area contributed by atoms with Gasteiger partial charge in [0.25, 0.3) is 0 Å². The maximum atomic E-state index is 11.0. The third-order valence-electron chi connectivity index (χ3n) is 2.48. The number of thiophene rings is 1. The van der Waals surface area contributed by atoms with Crippen LogP contribution in [0.3, 0.4) is 0 Å². The number of aryl methyl sites for hydroxylation is 1. The van der Waals surface area contributed by atoms with E-state index < -0.39 is 5.97 Å². The Morgan fingerprint density at radius 3 is 2.83 bits per heavy atom. The number of nitrogens with zero attached hydrogens (tertiary/aromatic N) is 2. The van der Waals surface area contributed by atoms with Crippen molar-refractivity contribution in [3.63, 3.8) is 0 Å². The Kier molecular flexibility index (Phi) is 4.11. The first-order valence-electron chi connectivity index (χ1n) is 5.45. The Bertz CT molecular complexity index is 548. The lowest BCUT2D eigenvalue weighted by Gasteiger charge is -2.14. The zero-order valence-corrected chi connectivity index (χ0v) is 11.8. The number of carboxylic acids is 1. The van der Waals surface area contributed by atoms with Crippen molar-refractivity contribution in [3.05, 3.63) is 38.0 Å². The maximum Gasteiger partial charge on any atom is 0.346 e. The molecule has 2 rings (SSSR count). The van der Waals surface area contributed by atoms with Crippen LogP contribution in [0.4, 0.5) is 0 Å². The Morgan fingerprint density at radius 1 is 1.44 bits per heavy atom. The van der Waals surface area contributed by atoms with E-state index in [1.54, 1.807) is 11.3 Å². The quantitative estimate of drug-likeness (QED) is 0.916. The zero-order chi connectivity index (χ0) is 13.1. The third kappa shape index (κ3) is 3.16. The van der Waals surface area contributed by atoms with Crippen LogP contribution in [0.5, 0.6) is 0 Å². The summed E-state index contributed by atoms with van der Waals surface area (Å²) >= 11 is 2.90. The summed E-state index contributed by atoms with van der Waals surface area (Å²) in [6.07, 6.45) is 0. The number of aromatic nitrogens is 1. The summed E-state index contributed by atoms with van der Waals surface area (Å²) in [5, 5.41) is 14.0. The molecule has 2 aromatic heterocycles. The van der Waals surface area contributed by atoms with Crippen LogP contribution < -0.4 is 0 Å². The molecule has 2 aromatic rings. The first kappa shape index (κ1) is 13.2. The smallest absolute Gasteiger partial charge is 0.346 e. The molecular weight excluding hydrogens is 268 g/mol. The molecule has 1 N–H and O–H groups in total. The summed E-state index contributed by atoms with van der Waals surface area (Å²) in [5.74, 6) is -0.849. The van der Waals surface area contributed by atoms with Crippen LogP contribution in [0.2, 0.25) is 0 Å². The molecule has 0 aromatic carbocycles. The lowest BCUT2D eigenvalue weighted by Crippen LogP contribution is -2.18. The van der Waals surface area contributed by atoms with E-state index >= 15 is 0 Å². The van der Waals surface area contributed by atoms with Crippen molar-refractivity contribution >= 4 is 28.6 Å². The molecule has 0 fully saturated rings. The Morgan fingerprint density at radius 2 is 2.22 bits per heavy atom. The van der Waals surface area contributed by atoms with Crippen molar-refractivity contribution in [2.24, 2.45) is 0 Å². The molecule has 0 aliphatic carbocycles. The van der Waals surface area contributed by atoms with Crippen LogP contribution in [0.25, 0.3) is 0 Å². The molecule has 0 saturated carbocycles. The number of rotatable bonds is 5. The first-order valence-corrected chi connectivity index (χ1v) is 7.21. The van der Waals surface area contributed by atoms with Gasteiger partial charge in [-0.2, -0.15) is 0 Å². The van der Waals surface area contributed by atoms with Crippen molar-refractivity contribution in [1.82, 2.24) is 9.88 Å². The lowest BCUT2D eigenvalue weighted by atomic mass is 10.2. The summed E-state index contributed by atoms with van der Waals surface area (Å²) in [7, 11) is 1.97. The van der Waals surface area contributed by atoms with Gasteiger partial charge >= 0.3 is 5.97 Å². The van der Waals surface area contributed by atoms with Crippen molar-refractivity contribution < 1.29 is 9.90 Å². The normalized spacial score (nSPS) is 11.1. The van der Waals surface area contributed by atoms with Crippen LogP contribution >= 0.6 is 22.7 Å². The van der Waals surface area contributed by atoms with Gasteiger partial charge in [0.05, 0.1) is 10.7 Å². The molecule has 4 nitrogen and oxygen atoms in total. The van der Waals surface area contributed by atoms with Gasteiger partial charge in [-0.25, -0.2) is 9.78 Å². The van der Waals surface area contributed by atoms with Gasteiger partial charge in [-0.05, 0) is 31.0 Å². The summed E-state index contributed by atoms with van der Waals surface area (Å²) in [4.78, 5) is 17.9. The second-order valence-electron chi connectivity index (χ2n) is 4.11. The summed E-state index contributed by atoms with van der Waals surface area (Å²) in [6, 6.07) is 1.87. The van der Waals surface area contributed by atoms with Crippen molar-refractivity contribution in [1.29, 1.82) is 0 Å². The monoisotopic (exact) mass is 282 g/mol. The molecule has 0 aliphatic heterocycles. The SMILES string of the molecule is Cc1nc(CN(C)Cc2ccsc2C(=O)O)cs1. The van der Waals surface area contributed by atoms with E-state index in [4.69, 9.17) is 5.11 Å². The fourth-order valence-electron chi connectivity index (χ4n) is 1.75. The molecular formula is C12H14N2O2S2. The number of carbonyl (C=O) groups is 1. The van der Waals surface area contributed by atoms with E-state index in [0.29, 0.717) is 11.4 Å². The molecule has 0 bridgehead atoms. The fourth-order valence-corrected chi connectivity index (χ4v) is 3.11. The van der Waals surface area contributed by atoms with Gasteiger partial charge in [0.2, 0.25) is 0 Å². The van der Waals surface area contributed by atoms with Crippen molar-refractivity contribution in [2.45, 2.75) is 20.0 Å². The predicted molar refractivity (Wildman–Crippen MR) is 73.3 cm³/mol. The Hall–Kier alpha value is -1.24. The first-order chi connectivity index (χ1) is 8.56. The van der Waals surface area contributed by atoms with Gasteiger partial charge in [0.1, 0.15) is 4.88 Å². The van der Waals surface area contributed by atoms with Gasteiger partial charge in [-0.3, -0.25) is 4.90 Å². The van der Waals surface area contributed by atoms with Crippen LogP contribution in [-0.2, 0) is 13.1 Å². The van der Waals surface area contributed by atoms with Gasteiger partial charge in [-0.1, -0.05) is 0 Å².